The van der Waals surface area contributed by atoms with Gasteiger partial charge in [0.15, 0.2) is 0 Å². The molecule has 0 saturated heterocycles. The molecule has 0 bridgehead atoms. The first-order chi connectivity index (χ1) is 10.1. The number of hydrogen-bond acceptors (Lipinski definition) is 3. The SMILES string of the molecule is O=C(CNC(=O)c1cccc(Cl)c1Cl)NCc1ccco1. The lowest BCUT2D eigenvalue weighted by atomic mass is 10.2. The summed E-state index contributed by atoms with van der Waals surface area (Å²) in [5.74, 6) is -0.166. The van der Waals surface area contributed by atoms with Crippen molar-refractivity contribution < 1.29 is 14.0 Å². The average molecular weight is 327 g/mol. The number of rotatable bonds is 5. The number of halogens is 2. The van der Waals surface area contributed by atoms with Gasteiger partial charge in [0, 0.05) is 0 Å². The summed E-state index contributed by atoms with van der Waals surface area (Å²) in [5.41, 5.74) is 0.225. The molecule has 0 saturated carbocycles. The number of carbonyl (C=O) groups is 2. The fourth-order valence-electron chi connectivity index (χ4n) is 1.60. The topological polar surface area (TPSA) is 71.3 Å². The first kappa shape index (κ1) is 15.4. The smallest absolute Gasteiger partial charge is 0.253 e. The molecule has 0 atom stereocenters. The molecule has 110 valence electrons. The molecule has 0 spiro atoms. The standard InChI is InChI=1S/C14H12Cl2N2O3/c15-11-5-1-4-10(13(11)16)14(20)18-8-12(19)17-7-9-3-2-6-21-9/h1-6H,7-8H2,(H,17,19)(H,18,20). The number of furan rings is 1. The number of hydrogen-bond donors (Lipinski definition) is 2. The van der Waals surface area contributed by atoms with E-state index in [9.17, 15) is 9.59 Å². The minimum atomic E-state index is -0.462. The van der Waals surface area contributed by atoms with Crippen molar-refractivity contribution in [3.63, 3.8) is 0 Å². The minimum Gasteiger partial charge on any atom is -0.467 e. The zero-order chi connectivity index (χ0) is 15.2. The van der Waals surface area contributed by atoms with Gasteiger partial charge < -0.3 is 15.1 Å². The van der Waals surface area contributed by atoms with Crippen LogP contribution in [-0.2, 0) is 11.3 Å². The van der Waals surface area contributed by atoms with Crippen LogP contribution in [-0.4, -0.2) is 18.4 Å². The molecule has 2 aromatic rings. The summed E-state index contributed by atoms with van der Waals surface area (Å²) in [6.07, 6.45) is 1.52. The Kier molecular flexibility index (Phi) is 5.25. The van der Waals surface area contributed by atoms with E-state index in [1.807, 2.05) is 0 Å². The molecule has 7 heteroatoms. The second kappa shape index (κ2) is 7.15. The molecular weight excluding hydrogens is 315 g/mol. The molecule has 0 radical (unpaired) electrons. The molecule has 2 N–H and O–H groups in total. The van der Waals surface area contributed by atoms with Gasteiger partial charge in [0.05, 0.1) is 35.0 Å². The van der Waals surface area contributed by atoms with E-state index in [2.05, 4.69) is 10.6 Å². The van der Waals surface area contributed by atoms with E-state index in [-0.39, 0.29) is 34.6 Å². The summed E-state index contributed by atoms with van der Waals surface area (Å²) in [5, 5.41) is 5.53. The Balaban J connectivity index is 1.83. The zero-order valence-electron chi connectivity index (χ0n) is 10.9. The summed E-state index contributed by atoms with van der Waals surface area (Å²) in [6.45, 7) is 0.0992. The second-order valence-electron chi connectivity index (χ2n) is 4.14. The lowest BCUT2D eigenvalue weighted by Crippen LogP contribution is -2.36. The quantitative estimate of drug-likeness (QED) is 0.887. The molecule has 2 amide bonds. The van der Waals surface area contributed by atoms with Crippen LogP contribution < -0.4 is 10.6 Å². The van der Waals surface area contributed by atoms with Crippen LogP contribution in [0.15, 0.2) is 41.0 Å². The summed E-state index contributed by atoms with van der Waals surface area (Å²) in [4.78, 5) is 23.5. The van der Waals surface area contributed by atoms with Gasteiger partial charge in [-0.2, -0.15) is 0 Å². The predicted octanol–water partition coefficient (Wildman–Crippen LogP) is 2.63. The Labute approximate surface area is 131 Å². The van der Waals surface area contributed by atoms with Crippen LogP contribution in [0.25, 0.3) is 0 Å². The van der Waals surface area contributed by atoms with E-state index >= 15 is 0 Å². The Morgan fingerprint density at radius 1 is 1.10 bits per heavy atom. The molecule has 0 aliphatic heterocycles. The van der Waals surface area contributed by atoms with Gasteiger partial charge in [-0.15, -0.1) is 0 Å². The maximum Gasteiger partial charge on any atom is 0.253 e. The first-order valence-corrected chi connectivity index (χ1v) is 6.85. The number of benzene rings is 1. The summed E-state index contributed by atoms with van der Waals surface area (Å²) in [7, 11) is 0. The molecule has 0 aliphatic rings. The van der Waals surface area contributed by atoms with Gasteiger partial charge in [-0.25, -0.2) is 0 Å². The second-order valence-corrected chi connectivity index (χ2v) is 4.93. The number of amides is 2. The highest BCUT2D eigenvalue weighted by atomic mass is 35.5. The summed E-state index contributed by atoms with van der Waals surface area (Å²) < 4.78 is 5.07. The van der Waals surface area contributed by atoms with Gasteiger partial charge in [-0.05, 0) is 24.3 Å². The molecule has 0 unspecified atom stereocenters. The number of carbonyl (C=O) groups excluding carboxylic acids is 2. The maximum atomic E-state index is 11.9. The van der Waals surface area contributed by atoms with Gasteiger partial charge in [-0.3, -0.25) is 9.59 Å². The van der Waals surface area contributed by atoms with Crippen LogP contribution in [0.4, 0.5) is 0 Å². The fourth-order valence-corrected chi connectivity index (χ4v) is 1.98. The van der Waals surface area contributed by atoms with Crippen LogP contribution in [0.3, 0.4) is 0 Å². The molecule has 21 heavy (non-hydrogen) atoms. The molecule has 1 aromatic carbocycles. The van der Waals surface area contributed by atoms with Crippen molar-refractivity contribution in [2.24, 2.45) is 0 Å². The van der Waals surface area contributed by atoms with Gasteiger partial charge in [0.1, 0.15) is 5.76 Å². The predicted molar refractivity (Wildman–Crippen MR) is 79.3 cm³/mol. The monoisotopic (exact) mass is 326 g/mol. The van der Waals surface area contributed by atoms with Crippen molar-refractivity contribution in [2.45, 2.75) is 6.54 Å². The van der Waals surface area contributed by atoms with Gasteiger partial charge >= 0.3 is 0 Å². The highest BCUT2D eigenvalue weighted by Crippen LogP contribution is 2.25. The van der Waals surface area contributed by atoms with Crippen molar-refractivity contribution in [2.75, 3.05) is 6.54 Å². The normalized spacial score (nSPS) is 10.2. The van der Waals surface area contributed by atoms with E-state index in [1.165, 1.54) is 12.3 Å². The van der Waals surface area contributed by atoms with Crippen LogP contribution in [0.5, 0.6) is 0 Å². The average Bonchev–Trinajstić information content (AvgIpc) is 2.99. The summed E-state index contributed by atoms with van der Waals surface area (Å²) in [6, 6.07) is 8.19. The van der Waals surface area contributed by atoms with Crippen LogP contribution in [0.2, 0.25) is 10.0 Å². The Morgan fingerprint density at radius 2 is 1.90 bits per heavy atom. The van der Waals surface area contributed by atoms with Crippen LogP contribution in [0, 0.1) is 0 Å². The van der Waals surface area contributed by atoms with Gasteiger partial charge in [-0.1, -0.05) is 29.3 Å². The molecule has 2 rings (SSSR count). The van der Waals surface area contributed by atoms with Crippen LogP contribution >= 0.6 is 23.2 Å². The van der Waals surface area contributed by atoms with Crippen molar-refractivity contribution in [1.29, 1.82) is 0 Å². The first-order valence-electron chi connectivity index (χ1n) is 6.09. The molecular formula is C14H12Cl2N2O3. The largest absolute Gasteiger partial charge is 0.467 e. The van der Waals surface area contributed by atoms with Crippen molar-refractivity contribution >= 4 is 35.0 Å². The number of nitrogens with one attached hydrogen (secondary N) is 2. The van der Waals surface area contributed by atoms with Crippen LogP contribution in [0.1, 0.15) is 16.1 Å². The Hall–Kier alpha value is -1.98. The van der Waals surface area contributed by atoms with E-state index < -0.39 is 5.91 Å². The third-order valence-electron chi connectivity index (χ3n) is 2.65. The van der Waals surface area contributed by atoms with Crippen molar-refractivity contribution in [3.8, 4) is 0 Å². The van der Waals surface area contributed by atoms with E-state index in [0.717, 1.165) is 0 Å². The lowest BCUT2D eigenvalue weighted by Gasteiger charge is -2.07. The fraction of sp³-hybridized carbons (Fsp3) is 0.143. The van der Waals surface area contributed by atoms with Crippen molar-refractivity contribution in [1.82, 2.24) is 10.6 Å². The van der Waals surface area contributed by atoms with E-state index in [4.69, 9.17) is 27.6 Å². The van der Waals surface area contributed by atoms with Crippen molar-refractivity contribution in [3.05, 3.63) is 58.0 Å². The molecule has 5 nitrogen and oxygen atoms in total. The molecule has 1 aromatic heterocycles. The van der Waals surface area contributed by atoms with Gasteiger partial charge in [0.25, 0.3) is 5.91 Å². The third kappa shape index (κ3) is 4.24. The maximum absolute atomic E-state index is 11.9. The summed E-state index contributed by atoms with van der Waals surface area (Å²) >= 11 is 11.8. The Morgan fingerprint density at radius 3 is 2.62 bits per heavy atom. The molecule has 0 aliphatic carbocycles. The lowest BCUT2D eigenvalue weighted by molar-refractivity contribution is -0.120. The van der Waals surface area contributed by atoms with E-state index in [0.29, 0.717) is 5.76 Å². The van der Waals surface area contributed by atoms with E-state index in [1.54, 1.807) is 24.3 Å². The minimum absolute atomic E-state index is 0.160. The highest BCUT2D eigenvalue weighted by Gasteiger charge is 2.13. The molecule has 0 fully saturated rings. The van der Waals surface area contributed by atoms with Gasteiger partial charge in [0.2, 0.25) is 5.91 Å². The Bertz CT molecular complexity index is 642. The third-order valence-corrected chi connectivity index (χ3v) is 3.46. The zero-order valence-corrected chi connectivity index (χ0v) is 12.4. The molecule has 1 heterocycles. The highest BCUT2D eigenvalue weighted by molar-refractivity contribution is 6.43.